The summed E-state index contributed by atoms with van der Waals surface area (Å²) in [6.07, 6.45) is 0. The second kappa shape index (κ2) is 5.85. The van der Waals surface area contributed by atoms with Crippen LogP contribution in [0.2, 0.25) is 5.02 Å². The Morgan fingerprint density at radius 1 is 1.10 bits per heavy atom. The molecule has 0 heterocycles. The summed E-state index contributed by atoms with van der Waals surface area (Å²) in [5, 5.41) is 6.74. The molecule has 0 aliphatic heterocycles. The van der Waals surface area contributed by atoms with Crippen molar-refractivity contribution < 1.29 is 33.8 Å². The number of benzene rings is 1. The van der Waals surface area contributed by atoms with Gasteiger partial charge < -0.3 is 30.4 Å². The summed E-state index contributed by atoms with van der Waals surface area (Å²) in [6.45, 7) is -0.589. The van der Waals surface area contributed by atoms with Crippen LogP contribution in [0.4, 0.5) is 0 Å². The van der Waals surface area contributed by atoms with Gasteiger partial charge in [0.1, 0.15) is 0 Å². The molecule has 0 spiro atoms. The van der Waals surface area contributed by atoms with Crippen molar-refractivity contribution in [2.24, 2.45) is 5.73 Å². The Morgan fingerprint density at radius 3 is 1.80 bits per heavy atom. The molecule has 0 aromatic heterocycles. The third-order valence-electron chi connectivity index (χ3n) is 2.83. The molecular weight excluding hydrogens is 332 g/mol. The Morgan fingerprint density at radius 2 is 1.50 bits per heavy atom. The van der Waals surface area contributed by atoms with Crippen molar-refractivity contribution in [2.45, 2.75) is 11.0 Å². The summed E-state index contributed by atoms with van der Waals surface area (Å²) in [4.78, 5) is 36.7. The molecule has 0 aliphatic rings. The molecule has 1 aromatic carbocycles. The fourth-order valence-electron chi connectivity index (χ4n) is 1.79. The van der Waals surface area contributed by atoms with Gasteiger partial charge in [-0.25, -0.2) is 0 Å². The lowest BCUT2D eigenvalue weighted by Gasteiger charge is -2.36. The van der Waals surface area contributed by atoms with Gasteiger partial charge in [-0.3, -0.25) is 9.13 Å². The molecule has 0 bridgehead atoms. The van der Waals surface area contributed by atoms with Crippen LogP contribution in [0.25, 0.3) is 0 Å². The maximum absolute atomic E-state index is 11.4. The predicted octanol–water partition coefficient (Wildman–Crippen LogP) is 0.384. The number of rotatable bonds is 5. The average Bonchev–Trinajstić information content (AvgIpc) is 2.29. The van der Waals surface area contributed by atoms with Gasteiger partial charge >= 0.3 is 15.2 Å². The smallest absolute Gasteiger partial charge is 0.367 e. The van der Waals surface area contributed by atoms with E-state index >= 15 is 0 Å². The Hall–Kier alpha value is -0.270. The minimum atomic E-state index is -5.58. The van der Waals surface area contributed by atoms with Crippen LogP contribution in [0, 0.1) is 0 Å². The van der Waals surface area contributed by atoms with E-state index in [1.807, 2.05) is 0 Å². The summed E-state index contributed by atoms with van der Waals surface area (Å²) in [5.41, 5.74) is 5.39. The Kier molecular flexibility index (Phi) is 5.20. The largest absolute Gasteiger partial charge is 0.370 e. The Labute approximate surface area is 119 Å². The van der Waals surface area contributed by atoms with Gasteiger partial charge in [0.15, 0.2) is 0 Å². The third-order valence-corrected chi connectivity index (χ3v) is 6.99. The van der Waals surface area contributed by atoms with Crippen molar-refractivity contribution in [2.75, 3.05) is 6.54 Å². The van der Waals surface area contributed by atoms with Crippen LogP contribution in [-0.2, 0) is 9.13 Å². The summed E-state index contributed by atoms with van der Waals surface area (Å²) >= 11 is 5.65. The molecule has 0 fully saturated rings. The quantitative estimate of drug-likeness (QED) is 0.417. The molecule has 11 heteroatoms. The zero-order valence-corrected chi connectivity index (χ0v) is 12.5. The van der Waals surface area contributed by atoms with Crippen LogP contribution in [0.5, 0.6) is 0 Å². The number of hydrogen-bond acceptors (Lipinski definition) is 4. The monoisotopic (exact) mass is 345 g/mol. The number of aliphatic hydroxyl groups is 1. The highest BCUT2D eigenvalue weighted by Gasteiger charge is 2.64. The van der Waals surface area contributed by atoms with E-state index in [0.717, 1.165) is 0 Å². The minimum Gasteiger partial charge on any atom is -0.367 e. The molecule has 8 nitrogen and oxygen atoms in total. The molecule has 1 rings (SSSR count). The van der Waals surface area contributed by atoms with Crippen LogP contribution >= 0.6 is 26.8 Å². The first-order chi connectivity index (χ1) is 8.95. The molecule has 0 aliphatic carbocycles. The fraction of sp³-hybridized carbons (Fsp3) is 0.333. The molecule has 20 heavy (non-hydrogen) atoms. The lowest BCUT2D eigenvalue weighted by atomic mass is 10.00. The molecule has 0 radical (unpaired) electrons. The highest BCUT2D eigenvalue weighted by molar-refractivity contribution is 7.72. The van der Waals surface area contributed by atoms with Gasteiger partial charge in [-0.15, -0.1) is 0 Å². The maximum atomic E-state index is 11.4. The molecule has 0 unspecified atom stereocenters. The summed E-state index contributed by atoms with van der Waals surface area (Å²) < 4.78 is 22.8. The highest BCUT2D eigenvalue weighted by atomic mass is 35.5. The van der Waals surface area contributed by atoms with Crippen LogP contribution in [-0.4, -0.2) is 36.3 Å². The van der Waals surface area contributed by atoms with E-state index < -0.39 is 32.7 Å². The molecule has 1 atom stereocenters. The van der Waals surface area contributed by atoms with Gasteiger partial charge in [0.2, 0.25) is 0 Å². The first-order valence-corrected chi connectivity index (χ1v) is 8.84. The lowest BCUT2D eigenvalue weighted by Crippen LogP contribution is -2.40. The second-order valence-electron chi connectivity index (χ2n) is 4.12. The van der Waals surface area contributed by atoms with Gasteiger partial charge in [-0.2, -0.15) is 0 Å². The van der Waals surface area contributed by atoms with Crippen molar-refractivity contribution in [3.63, 3.8) is 0 Å². The van der Waals surface area contributed by atoms with Gasteiger partial charge in [-0.05, 0) is 17.7 Å². The minimum absolute atomic E-state index is 0.0473. The average molecular weight is 346 g/mol. The zero-order chi connectivity index (χ0) is 15.8. The molecule has 1 aromatic rings. The van der Waals surface area contributed by atoms with E-state index in [1.165, 1.54) is 24.3 Å². The van der Waals surface area contributed by atoms with E-state index in [9.17, 15) is 33.8 Å². The molecule has 7 N–H and O–H groups in total. The van der Waals surface area contributed by atoms with E-state index in [2.05, 4.69) is 0 Å². The number of halogens is 1. The van der Waals surface area contributed by atoms with Crippen LogP contribution in [0.1, 0.15) is 11.5 Å². The molecule has 0 saturated heterocycles. The normalized spacial score (nSPS) is 15.2. The SMILES string of the molecule is NC[C@H](c1ccc(Cl)cc1)C(O)(P(=O)(O)O)P(=O)(O)O. The topological polar surface area (TPSA) is 161 Å². The van der Waals surface area contributed by atoms with E-state index in [4.69, 9.17) is 17.3 Å². The first-order valence-electron chi connectivity index (χ1n) is 5.24. The number of nitrogens with two attached hydrogens (primary N) is 1. The molecule has 0 amide bonds. The van der Waals surface area contributed by atoms with Crippen molar-refractivity contribution in [3.05, 3.63) is 34.9 Å². The summed E-state index contributed by atoms with van der Waals surface area (Å²) in [7, 11) is -11.2. The molecule has 114 valence electrons. The lowest BCUT2D eigenvalue weighted by molar-refractivity contribution is 0.108. The second-order valence-corrected chi connectivity index (χ2v) is 8.44. The zero-order valence-electron chi connectivity index (χ0n) is 10.00. The van der Waals surface area contributed by atoms with E-state index in [-0.39, 0.29) is 5.56 Å². The van der Waals surface area contributed by atoms with Crippen molar-refractivity contribution in [3.8, 4) is 0 Å². The van der Waals surface area contributed by atoms with Gasteiger partial charge in [0, 0.05) is 17.5 Å². The van der Waals surface area contributed by atoms with E-state index in [1.54, 1.807) is 0 Å². The fourth-order valence-corrected chi connectivity index (χ4v) is 4.59. The van der Waals surface area contributed by atoms with Gasteiger partial charge in [-0.1, -0.05) is 23.7 Å². The van der Waals surface area contributed by atoms with Crippen LogP contribution in [0.3, 0.4) is 0 Å². The van der Waals surface area contributed by atoms with Crippen molar-refractivity contribution in [1.82, 2.24) is 0 Å². The highest BCUT2D eigenvalue weighted by Crippen LogP contribution is 2.72. The molecule has 0 saturated carbocycles. The standard InChI is InChI=1S/C9H14ClNO7P2/c10-7-3-1-6(2-4-7)8(5-11)9(12,19(13,14)15)20(16,17)18/h1-4,8,12H,5,11H2,(H2,13,14,15)(H2,16,17,18)/t8-/m1/s1. The predicted molar refractivity (Wildman–Crippen MR) is 72.3 cm³/mol. The van der Waals surface area contributed by atoms with Crippen LogP contribution in [0.15, 0.2) is 24.3 Å². The van der Waals surface area contributed by atoms with Crippen molar-refractivity contribution >= 4 is 26.8 Å². The number of hydrogen-bond donors (Lipinski definition) is 6. The van der Waals surface area contributed by atoms with E-state index in [0.29, 0.717) is 5.02 Å². The maximum Gasteiger partial charge on any atom is 0.370 e. The summed E-state index contributed by atoms with van der Waals surface area (Å²) in [5.74, 6) is -1.67. The van der Waals surface area contributed by atoms with Crippen LogP contribution < -0.4 is 5.73 Å². The Bertz CT molecular complexity index is 544. The van der Waals surface area contributed by atoms with Gasteiger partial charge in [0.05, 0.1) is 0 Å². The molecular formula is C9H14ClNO7P2. The van der Waals surface area contributed by atoms with Crippen molar-refractivity contribution in [1.29, 1.82) is 0 Å². The summed E-state index contributed by atoms with van der Waals surface area (Å²) in [6, 6.07) is 5.24. The Balaban J connectivity index is 3.49. The third kappa shape index (κ3) is 3.14. The van der Waals surface area contributed by atoms with Gasteiger partial charge in [0.25, 0.3) is 5.08 Å². The first kappa shape index (κ1) is 17.8.